The van der Waals surface area contributed by atoms with Gasteiger partial charge in [0.15, 0.2) is 11.5 Å². The van der Waals surface area contributed by atoms with Gasteiger partial charge in [0.25, 0.3) is 0 Å². The molecule has 1 aromatic carbocycles. The molecule has 4 rings (SSSR count). The van der Waals surface area contributed by atoms with E-state index in [0.29, 0.717) is 5.82 Å². The third kappa shape index (κ3) is 2.32. The molecule has 7 heteroatoms. The second kappa shape index (κ2) is 5.20. The summed E-state index contributed by atoms with van der Waals surface area (Å²) < 4.78 is 8.75. The lowest BCUT2D eigenvalue weighted by Gasteiger charge is -2.03. The Labute approximate surface area is 132 Å². The van der Waals surface area contributed by atoms with Crippen molar-refractivity contribution in [1.82, 2.24) is 29.5 Å². The molecule has 0 unspecified atom stereocenters. The summed E-state index contributed by atoms with van der Waals surface area (Å²) in [7, 11) is 3.50. The van der Waals surface area contributed by atoms with Gasteiger partial charge in [-0.15, -0.1) is 0 Å². The fraction of sp³-hybridized carbons (Fsp3) is 0.125. The van der Waals surface area contributed by atoms with Crippen molar-refractivity contribution in [3.8, 4) is 22.8 Å². The van der Waals surface area contributed by atoms with Crippen LogP contribution in [-0.4, -0.2) is 36.6 Å². The van der Waals surface area contributed by atoms with Crippen LogP contribution in [0, 0.1) is 0 Å². The highest BCUT2D eigenvalue weighted by Crippen LogP contribution is 2.20. The predicted molar refractivity (Wildman–Crippen MR) is 85.4 cm³/mol. The zero-order chi connectivity index (χ0) is 15.8. The maximum atomic E-state index is 5.24. The van der Waals surface area contributed by atoms with Crippen LogP contribution in [0.1, 0.15) is 0 Å². The van der Waals surface area contributed by atoms with Crippen LogP contribution in [0.2, 0.25) is 0 Å². The molecule has 3 heterocycles. The number of ether oxygens (including phenoxy) is 1. The number of hydrogen-bond acceptors (Lipinski definition) is 5. The van der Waals surface area contributed by atoms with Crippen LogP contribution in [0.15, 0.2) is 49.1 Å². The standard InChI is InChI=1S/C16H14N6O/c1-21-16-11(8-18-21)7-17-15(20-16)12-9-19-22(10-12)13-4-3-5-14(6-13)23-2/h3-10H,1-2H3. The van der Waals surface area contributed by atoms with Crippen LogP contribution in [0.4, 0.5) is 0 Å². The minimum absolute atomic E-state index is 0.621. The summed E-state index contributed by atoms with van der Waals surface area (Å²) in [6.07, 6.45) is 7.16. The van der Waals surface area contributed by atoms with E-state index in [-0.39, 0.29) is 0 Å². The molecule has 3 aromatic heterocycles. The van der Waals surface area contributed by atoms with Gasteiger partial charge in [-0.3, -0.25) is 4.68 Å². The molecule has 4 aromatic rings. The molecule has 114 valence electrons. The van der Waals surface area contributed by atoms with Crippen molar-refractivity contribution < 1.29 is 4.74 Å². The largest absolute Gasteiger partial charge is 0.497 e. The highest BCUT2D eigenvalue weighted by molar-refractivity contribution is 5.75. The van der Waals surface area contributed by atoms with E-state index in [1.807, 2.05) is 37.5 Å². The molecule has 0 fully saturated rings. The third-order valence-electron chi connectivity index (χ3n) is 3.63. The second-order valence-corrected chi connectivity index (χ2v) is 5.12. The number of hydrogen-bond donors (Lipinski definition) is 0. The minimum Gasteiger partial charge on any atom is -0.497 e. The molecule has 0 aliphatic rings. The number of aromatic nitrogens is 6. The van der Waals surface area contributed by atoms with E-state index >= 15 is 0 Å². The minimum atomic E-state index is 0.621. The van der Waals surface area contributed by atoms with Crippen LogP contribution in [0.5, 0.6) is 5.75 Å². The fourth-order valence-corrected chi connectivity index (χ4v) is 2.41. The molecule has 0 amide bonds. The number of benzene rings is 1. The van der Waals surface area contributed by atoms with Crippen LogP contribution in [0.3, 0.4) is 0 Å². The summed E-state index contributed by atoms with van der Waals surface area (Å²) in [6, 6.07) is 7.70. The number of aryl methyl sites for hydroxylation is 1. The van der Waals surface area contributed by atoms with E-state index < -0.39 is 0 Å². The van der Waals surface area contributed by atoms with Crippen molar-refractivity contribution in [3.05, 3.63) is 49.1 Å². The summed E-state index contributed by atoms with van der Waals surface area (Å²) in [5, 5.41) is 9.48. The molecule has 0 saturated heterocycles. The summed E-state index contributed by atoms with van der Waals surface area (Å²) in [5.41, 5.74) is 2.55. The Morgan fingerprint density at radius 1 is 1.09 bits per heavy atom. The van der Waals surface area contributed by atoms with Gasteiger partial charge in [-0.05, 0) is 12.1 Å². The quantitative estimate of drug-likeness (QED) is 0.580. The normalized spacial score (nSPS) is 11.0. The molecule has 0 saturated carbocycles. The second-order valence-electron chi connectivity index (χ2n) is 5.12. The lowest BCUT2D eigenvalue weighted by Crippen LogP contribution is -1.95. The zero-order valence-corrected chi connectivity index (χ0v) is 12.7. The molecule has 0 aliphatic carbocycles. The first kappa shape index (κ1) is 13.4. The lowest BCUT2D eigenvalue weighted by molar-refractivity contribution is 0.414. The molecular formula is C16H14N6O. The molecule has 7 nitrogen and oxygen atoms in total. The summed E-state index contributed by atoms with van der Waals surface area (Å²) in [4.78, 5) is 8.95. The molecule has 0 N–H and O–H groups in total. The van der Waals surface area contributed by atoms with Crippen molar-refractivity contribution in [1.29, 1.82) is 0 Å². The Balaban J connectivity index is 1.75. The van der Waals surface area contributed by atoms with E-state index in [4.69, 9.17) is 4.74 Å². The number of methoxy groups -OCH3 is 1. The lowest BCUT2D eigenvalue weighted by atomic mass is 10.3. The van der Waals surface area contributed by atoms with Gasteiger partial charge in [-0.1, -0.05) is 6.07 Å². The van der Waals surface area contributed by atoms with Gasteiger partial charge < -0.3 is 4.74 Å². The van der Waals surface area contributed by atoms with Gasteiger partial charge in [-0.2, -0.15) is 10.2 Å². The van der Waals surface area contributed by atoms with E-state index in [2.05, 4.69) is 20.2 Å². The summed E-state index contributed by atoms with van der Waals surface area (Å²) >= 11 is 0. The predicted octanol–water partition coefficient (Wildman–Crippen LogP) is 2.22. The van der Waals surface area contributed by atoms with Crippen molar-refractivity contribution in [2.24, 2.45) is 7.05 Å². The highest BCUT2D eigenvalue weighted by atomic mass is 16.5. The van der Waals surface area contributed by atoms with Crippen molar-refractivity contribution in [2.75, 3.05) is 7.11 Å². The SMILES string of the molecule is COc1cccc(-n2cc(-c3ncc4cnn(C)c4n3)cn2)c1. The first-order valence-electron chi connectivity index (χ1n) is 7.09. The Kier molecular flexibility index (Phi) is 3.04. The Morgan fingerprint density at radius 2 is 2.00 bits per heavy atom. The van der Waals surface area contributed by atoms with E-state index in [9.17, 15) is 0 Å². The average molecular weight is 306 g/mol. The van der Waals surface area contributed by atoms with Crippen LogP contribution < -0.4 is 4.74 Å². The first-order chi connectivity index (χ1) is 11.2. The van der Waals surface area contributed by atoms with Crippen molar-refractivity contribution in [2.45, 2.75) is 0 Å². The molecule has 23 heavy (non-hydrogen) atoms. The zero-order valence-electron chi connectivity index (χ0n) is 12.7. The Bertz CT molecular complexity index is 987. The molecule has 0 spiro atoms. The molecule has 0 aliphatic heterocycles. The van der Waals surface area contributed by atoms with Gasteiger partial charge in [0.2, 0.25) is 0 Å². The van der Waals surface area contributed by atoms with Gasteiger partial charge in [-0.25, -0.2) is 14.6 Å². The number of nitrogens with zero attached hydrogens (tertiary/aromatic N) is 6. The van der Waals surface area contributed by atoms with Gasteiger partial charge >= 0.3 is 0 Å². The maximum Gasteiger partial charge on any atom is 0.164 e. The molecule has 0 bridgehead atoms. The van der Waals surface area contributed by atoms with Crippen LogP contribution >= 0.6 is 0 Å². The Hall–Kier alpha value is -3.22. The Morgan fingerprint density at radius 3 is 2.87 bits per heavy atom. The first-order valence-corrected chi connectivity index (χ1v) is 7.09. The monoisotopic (exact) mass is 306 g/mol. The maximum absolute atomic E-state index is 5.24. The van der Waals surface area contributed by atoms with Gasteiger partial charge in [0.05, 0.1) is 36.1 Å². The molecule has 0 radical (unpaired) electrons. The van der Waals surface area contributed by atoms with Crippen molar-refractivity contribution in [3.63, 3.8) is 0 Å². The molecule has 0 atom stereocenters. The van der Waals surface area contributed by atoms with Crippen LogP contribution in [-0.2, 0) is 7.05 Å². The van der Waals surface area contributed by atoms with Gasteiger partial charge in [0, 0.05) is 25.5 Å². The van der Waals surface area contributed by atoms with Gasteiger partial charge in [0.1, 0.15) is 5.75 Å². The third-order valence-corrected chi connectivity index (χ3v) is 3.63. The van der Waals surface area contributed by atoms with E-state index in [1.54, 1.807) is 35.1 Å². The number of rotatable bonds is 3. The number of fused-ring (bicyclic) bond motifs is 1. The smallest absolute Gasteiger partial charge is 0.164 e. The summed E-state index contributed by atoms with van der Waals surface area (Å²) in [5.74, 6) is 1.40. The fourth-order valence-electron chi connectivity index (χ4n) is 2.41. The average Bonchev–Trinajstić information content (AvgIpc) is 3.22. The summed E-state index contributed by atoms with van der Waals surface area (Å²) in [6.45, 7) is 0. The van der Waals surface area contributed by atoms with E-state index in [0.717, 1.165) is 28.0 Å². The van der Waals surface area contributed by atoms with Crippen molar-refractivity contribution >= 4 is 11.0 Å². The van der Waals surface area contributed by atoms with E-state index in [1.165, 1.54) is 0 Å². The molecular weight excluding hydrogens is 292 g/mol. The van der Waals surface area contributed by atoms with Crippen LogP contribution in [0.25, 0.3) is 28.1 Å². The topological polar surface area (TPSA) is 70.7 Å². The highest BCUT2D eigenvalue weighted by Gasteiger charge is 2.09.